The minimum atomic E-state index is -0.238. The lowest BCUT2D eigenvalue weighted by Gasteiger charge is -2.03. The number of fused-ring (bicyclic) bond motifs is 1. The van der Waals surface area contributed by atoms with Crippen LogP contribution in [0.1, 0.15) is 17.7 Å². The van der Waals surface area contributed by atoms with Gasteiger partial charge in [-0.3, -0.25) is 0 Å². The Morgan fingerprint density at radius 2 is 1.60 bits per heavy atom. The number of rotatable bonds is 4. The molecule has 3 rings (SSSR count). The molecule has 0 saturated heterocycles. The summed E-state index contributed by atoms with van der Waals surface area (Å²) in [5, 5.41) is 1.61. The highest BCUT2D eigenvalue weighted by Gasteiger charge is 2.04. The lowest BCUT2D eigenvalue weighted by Crippen LogP contribution is -2.02. The van der Waals surface area contributed by atoms with Gasteiger partial charge in [0.25, 0.3) is 0 Å². The second kappa shape index (κ2) is 5.74. The van der Waals surface area contributed by atoms with Crippen molar-refractivity contribution < 1.29 is 4.42 Å². The molecule has 0 aliphatic heterocycles. The van der Waals surface area contributed by atoms with Gasteiger partial charge in [0.15, 0.2) is 0 Å². The molecule has 20 heavy (non-hydrogen) atoms. The van der Waals surface area contributed by atoms with Crippen molar-refractivity contribution in [1.82, 2.24) is 0 Å². The molecule has 0 saturated carbocycles. The Kier molecular flexibility index (Phi) is 3.64. The molecule has 0 radical (unpaired) electrons. The monoisotopic (exact) mass is 264 g/mol. The molecular weight excluding hydrogens is 248 g/mol. The van der Waals surface area contributed by atoms with E-state index in [1.54, 1.807) is 6.07 Å². The third kappa shape index (κ3) is 2.80. The zero-order chi connectivity index (χ0) is 13.8. The third-order valence-electron chi connectivity index (χ3n) is 3.45. The molecule has 2 aromatic carbocycles. The first kappa shape index (κ1) is 12.7. The Labute approximate surface area is 117 Å². The highest BCUT2D eigenvalue weighted by atomic mass is 16.4. The van der Waals surface area contributed by atoms with Crippen LogP contribution in [0.15, 0.2) is 69.9 Å². The van der Waals surface area contributed by atoms with E-state index in [4.69, 9.17) is 4.42 Å². The van der Waals surface area contributed by atoms with E-state index in [-0.39, 0.29) is 5.63 Å². The molecule has 3 aromatic rings. The summed E-state index contributed by atoms with van der Waals surface area (Å²) in [5.41, 5.74) is 1.08. The number of hydrogen-bond donors (Lipinski definition) is 0. The molecule has 0 unspecified atom stereocenters. The fourth-order valence-corrected chi connectivity index (χ4v) is 2.42. The maximum Gasteiger partial charge on any atom is 0.343 e. The number of hydrogen-bond acceptors (Lipinski definition) is 2. The first-order valence-corrected chi connectivity index (χ1v) is 6.88. The maximum absolute atomic E-state index is 11.9. The molecule has 0 bridgehead atoms. The van der Waals surface area contributed by atoms with E-state index >= 15 is 0 Å². The van der Waals surface area contributed by atoms with Crippen molar-refractivity contribution in [3.05, 3.63) is 82.4 Å². The van der Waals surface area contributed by atoms with E-state index in [9.17, 15) is 4.79 Å². The smallest absolute Gasteiger partial charge is 0.343 e. The van der Waals surface area contributed by atoms with Crippen molar-refractivity contribution in [2.45, 2.75) is 19.3 Å². The van der Waals surface area contributed by atoms with Gasteiger partial charge in [0, 0.05) is 6.42 Å². The van der Waals surface area contributed by atoms with Gasteiger partial charge in [-0.2, -0.15) is 0 Å². The van der Waals surface area contributed by atoms with Crippen molar-refractivity contribution in [3.8, 4) is 0 Å². The van der Waals surface area contributed by atoms with Gasteiger partial charge in [-0.1, -0.05) is 48.5 Å². The molecular formula is C18H16O2. The average Bonchev–Trinajstić information content (AvgIpc) is 2.48. The van der Waals surface area contributed by atoms with Crippen LogP contribution in [0.5, 0.6) is 0 Å². The van der Waals surface area contributed by atoms with Gasteiger partial charge in [-0.25, -0.2) is 4.79 Å². The topological polar surface area (TPSA) is 30.2 Å². The molecule has 100 valence electrons. The SMILES string of the molecule is O=c1oc(CCCc2ccccc2)cc2ccccc12. The molecule has 0 N–H and O–H groups in total. The Hall–Kier alpha value is -2.35. The van der Waals surface area contributed by atoms with E-state index in [1.807, 2.05) is 42.5 Å². The van der Waals surface area contributed by atoms with Gasteiger partial charge < -0.3 is 4.42 Å². The summed E-state index contributed by atoms with van der Waals surface area (Å²) in [7, 11) is 0. The summed E-state index contributed by atoms with van der Waals surface area (Å²) in [6.07, 6.45) is 2.76. The van der Waals surface area contributed by atoms with Crippen LogP contribution in [-0.4, -0.2) is 0 Å². The van der Waals surface area contributed by atoms with Gasteiger partial charge in [0.05, 0.1) is 5.39 Å². The molecule has 0 aliphatic carbocycles. The summed E-state index contributed by atoms with van der Waals surface area (Å²) in [5.74, 6) is 0.768. The van der Waals surface area contributed by atoms with Crippen LogP contribution in [0.4, 0.5) is 0 Å². The van der Waals surface area contributed by atoms with Crippen molar-refractivity contribution in [2.75, 3.05) is 0 Å². The van der Waals surface area contributed by atoms with Crippen LogP contribution >= 0.6 is 0 Å². The molecule has 0 aliphatic rings. The van der Waals surface area contributed by atoms with Gasteiger partial charge in [0.1, 0.15) is 5.76 Å². The average molecular weight is 264 g/mol. The minimum absolute atomic E-state index is 0.238. The maximum atomic E-state index is 11.9. The molecule has 0 atom stereocenters. The predicted octanol–water partition coefficient (Wildman–Crippen LogP) is 3.97. The van der Waals surface area contributed by atoms with E-state index in [0.29, 0.717) is 5.39 Å². The molecule has 0 fully saturated rings. The van der Waals surface area contributed by atoms with Crippen LogP contribution in [0.3, 0.4) is 0 Å². The van der Waals surface area contributed by atoms with Crippen LogP contribution in [0.25, 0.3) is 10.8 Å². The molecule has 0 amide bonds. The Balaban J connectivity index is 1.73. The quantitative estimate of drug-likeness (QED) is 0.713. The number of aryl methyl sites for hydroxylation is 2. The zero-order valence-electron chi connectivity index (χ0n) is 11.2. The normalized spacial score (nSPS) is 10.8. The molecule has 1 heterocycles. The summed E-state index contributed by atoms with van der Waals surface area (Å²) < 4.78 is 5.37. The lowest BCUT2D eigenvalue weighted by molar-refractivity contribution is 0.461. The summed E-state index contributed by atoms with van der Waals surface area (Å²) in [4.78, 5) is 11.9. The Morgan fingerprint density at radius 1 is 0.850 bits per heavy atom. The van der Waals surface area contributed by atoms with Crippen molar-refractivity contribution in [2.24, 2.45) is 0 Å². The largest absolute Gasteiger partial charge is 0.427 e. The second-order valence-electron chi connectivity index (χ2n) is 4.93. The standard InChI is InChI=1S/C18H16O2/c19-18-17-12-5-4-10-15(17)13-16(20-18)11-6-9-14-7-2-1-3-8-14/h1-5,7-8,10,12-13H,6,9,11H2. The van der Waals surface area contributed by atoms with Crippen LogP contribution in [0.2, 0.25) is 0 Å². The van der Waals surface area contributed by atoms with Gasteiger partial charge in [-0.15, -0.1) is 0 Å². The highest BCUT2D eigenvalue weighted by Crippen LogP contribution is 2.14. The molecule has 2 nitrogen and oxygen atoms in total. The minimum Gasteiger partial charge on any atom is -0.427 e. The van der Waals surface area contributed by atoms with Crippen LogP contribution in [0, 0.1) is 0 Å². The summed E-state index contributed by atoms with van der Waals surface area (Å²) in [6.45, 7) is 0. The second-order valence-corrected chi connectivity index (χ2v) is 4.93. The highest BCUT2D eigenvalue weighted by molar-refractivity contribution is 5.81. The fraction of sp³-hybridized carbons (Fsp3) is 0.167. The third-order valence-corrected chi connectivity index (χ3v) is 3.45. The first-order chi connectivity index (χ1) is 9.83. The molecule has 2 heteroatoms. The summed E-state index contributed by atoms with van der Waals surface area (Å²) in [6, 6.07) is 19.9. The van der Waals surface area contributed by atoms with Crippen molar-refractivity contribution in [3.63, 3.8) is 0 Å². The Bertz CT molecular complexity index is 757. The number of benzene rings is 2. The van der Waals surface area contributed by atoms with E-state index in [0.717, 1.165) is 30.4 Å². The lowest BCUT2D eigenvalue weighted by atomic mass is 10.1. The fourth-order valence-electron chi connectivity index (χ4n) is 2.42. The first-order valence-electron chi connectivity index (χ1n) is 6.88. The Morgan fingerprint density at radius 3 is 2.45 bits per heavy atom. The van der Waals surface area contributed by atoms with E-state index < -0.39 is 0 Å². The van der Waals surface area contributed by atoms with Gasteiger partial charge in [0.2, 0.25) is 0 Å². The predicted molar refractivity (Wildman–Crippen MR) is 81.0 cm³/mol. The zero-order valence-corrected chi connectivity index (χ0v) is 11.2. The molecule has 0 spiro atoms. The van der Waals surface area contributed by atoms with Gasteiger partial charge in [-0.05, 0) is 35.9 Å². The van der Waals surface area contributed by atoms with Crippen molar-refractivity contribution in [1.29, 1.82) is 0 Å². The molecule has 1 aromatic heterocycles. The van der Waals surface area contributed by atoms with E-state index in [1.165, 1.54) is 5.56 Å². The summed E-state index contributed by atoms with van der Waals surface area (Å²) >= 11 is 0. The van der Waals surface area contributed by atoms with E-state index in [2.05, 4.69) is 12.1 Å². The van der Waals surface area contributed by atoms with Gasteiger partial charge >= 0.3 is 5.63 Å². The van der Waals surface area contributed by atoms with Crippen molar-refractivity contribution >= 4 is 10.8 Å². The van der Waals surface area contributed by atoms with Crippen LogP contribution < -0.4 is 5.63 Å². The van der Waals surface area contributed by atoms with Crippen LogP contribution in [-0.2, 0) is 12.8 Å².